The molecular formula is C18H18BrNO. The topological polar surface area (TPSA) is 20.3 Å². The van der Waals surface area contributed by atoms with E-state index in [2.05, 4.69) is 39.0 Å². The fourth-order valence-electron chi connectivity index (χ4n) is 2.88. The maximum atomic E-state index is 12.8. The second-order valence-electron chi connectivity index (χ2n) is 6.34. The van der Waals surface area contributed by atoms with Crippen molar-refractivity contribution < 1.29 is 4.79 Å². The van der Waals surface area contributed by atoms with Crippen LogP contribution < -0.4 is 0 Å². The molecule has 0 saturated heterocycles. The third kappa shape index (κ3) is 2.84. The van der Waals surface area contributed by atoms with E-state index in [0.717, 1.165) is 27.9 Å². The summed E-state index contributed by atoms with van der Waals surface area (Å²) in [6.07, 6.45) is 4.95. The number of hydrogen-bond acceptors (Lipinski definition) is 1. The van der Waals surface area contributed by atoms with Gasteiger partial charge in [0.05, 0.1) is 0 Å². The highest BCUT2D eigenvalue weighted by molar-refractivity contribution is 9.10. The van der Waals surface area contributed by atoms with Crippen molar-refractivity contribution >= 4 is 32.6 Å². The van der Waals surface area contributed by atoms with Gasteiger partial charge in [-0.25, -0.2) is 0 Å². The maximum Gasteiger partial charge on any atom is 0.254 e. The van der Waals surface area contributed by atoms with Crippen molar-refractivity contribution in [2.24, 2.45) is 5.92 Å². The lowest BCUT2D eigenvalue weighted by molar-refractivity contribution is 0.0735. The van der Waals surface area contributed by atoms with E-state index in [9.17, 15) is 4.79 Å². The Kier molecular flexibility index (Phi) is 3.26. The third-order valence-electron chi connectivity index (χ3n) is 4.45. The fraction of sp³-hybridized carbons (Fsp3) is 0.389. The maximum absolute atomic E-state index is 12.8. The van der Waals surface area contributed by atoms with Gasteiger partial charge in [0.1, 0.15) is 0 Å². The SMILES string of the molecule is O=C(c1ccc2cc(Br)ccc2c1)N(CC1CC1)C1CC1. The van der Waals surface area contributed by atoms with Gasteiger partial charge >= 0.3 is 0 Å². The molecular weight excluding hydrogens is 326 g/mol. The number of nitrogens with zero attached hydrogens (tertiary/aromatic N) is 1. The summed E-state index contributed by atoms with van der Waals surface area (Å²) >= 11 is 3.49. The van der Waals surface area contributed by atoms with Crippen LogP contribution in [-0.2, 0) is 0 Å². The van der Waals surface area contributed by atoms with Crippen LogP contribution in [0, 0.1) is 5.92 Å². The molecule has 0 spiro atoms. The first-order chi connectivity index (χ1) is 10.2. The van der Waals surface area contributed by atoms with Gasteiger partial charge in [0.25, 0.3) is 5.91 Å². The summed E-state index contributed by atoms with van der Waals surface area (Å²) in [5, 5.41) is 2.30. The molecule has 0 unspecified atom stereocenters. The van der Waals surface area contributed by atoms with Crippen molar-refractivity contribution in [3.8, 4) is 0 Å². The van der Waals surface area contributed by atoms with Crippen LogP contribution in [0.2, 0.25) is 0 Å². The first kappa shape index (κ1) is 13.3. The Morgan fingerprint density at radius 2 is 1.76 bits per heavy atom. The number of carbonyl (C=O) groups is 1. The Bertz CT molecular complexity index is 703. The van der Waals surface area contributed by atoms with Crippen LogP contribution in [0.25, 0.3) is 10.8 Å². The van der Waals surface area contributed by atoms with Crippen LogP contribution in [-0.4, -0.2) is 23.4 Å². The van der Waals surface area contributed by atoms with Gasteiger partial charge in [-0.05, 0) is 66.6 Å². The first-order valence-electron chi connectivity index (χ1n) is 7.71. The normalized spacial score (nSPS) is 18.0. The minimum Gasteiger partial charge on any atom is -0.335 e. The van der Waals surface area contributed by atoms with Gasteiger partial charge in [-0.15, -0.1) is 0 Å². The monoisotopic (exact) mass is 343 g/mol. The lowest BCUT2D eigenvalue weighted by atomic mass is 10.1. The van der Waals surface area contributed by atoms with Crippen molar-refractivity contribution in [3.05, 3.63) is 46.4 Å². The Morgan fingerprint density at radius 1 is 1.05 bits per heavy atom. The predicted molar refractivity (Wildman–Crippen MR) is 88.4 cm³/mol. The molecule has 108 valence electrons. The molecule has 1 amide bonds. The third-order valence-corrected chi connectivity index (χ3v) is 4.94. The van der Waals surface area contributed by atoms with Crippen LogP contribution in [0.4, 0.5) is 0 Å². The molecule has 0 heterocycles. The van der Waals surface area contributed by atoms with Gasteiger partial charge in [0, 0.05) is 22.6 Å². The molecule has 0 N–H and O–H groups in total. The van der Waals surface area contributed by atoms with Crippen molar-refractivity contribution in [1.82, 2.24) is 4.90 Å². The molecule has 3 heteroatoms. The molecule has 0 aromatic heterocycles. The number of halogens is 1. The summed E-state index contributed by atoms with van der Waals surface area (Å²) in [6.45, 7) is 0.960. The molecule has 4 rings (SSSR count). The summed E-state index contributed by atoms with van der Waals surface area (Å²) in [6, 6.07) is 12.7. The number of amides is 1. The molecule has 2 fully saturated rings. The van der Waals surface area contributed by atoms with Crippen LogP contribution in [0.1, 0.15) is 36.0 Å². The van der Waals surface area contributed by atoms with E-state index in [4.69, 9.17) is 0 Å². The van der Waals surface area contributed by atoms with Gasteiger partial charge < -0.3 is 4.90 Å². The predicted octanol–water partition coefficient (Wildman–Crippen LogP) is 4.62. The Hall–Kier alpha value is -1.35. The molecule has 21 heavy (non-hydrogen) atoms. The molecule has 0 radical (unpaired) electrons. The number of hydrogen-bond donors (Lipinski definition) is 0. The molecule has 0 bridgehead atoms. The number of rotatable bonds is 4. The van der Waals surface area contributed by atoms with Crippen molar-refractivity contribution in [3.63, 3.8) is 0 Å². The zero-order chi connectivity index (χ0) is 14.4. The quantitative estimate of drug-likeness (QED) is 0.793. The summed E-state index contributed by atoms with van der Waals surface area (Å²) in [4.78, 5) is 14.9. The van der Waals surface area contributed by atoms with Gasteiger partial charge in [0.15, 0.2) is 0 Å². The molecule has 2 saturated carbocycles. The van der Waals surface area contributed by atoms with Crippen LogP contribution in [0.5, 0.6) is 0 Å². The second kappa shape index (κ2) is 5.13. The van der Waals surface area contributed by atoms with Gasteiger partial charge in [-0.1, -0.05) is 28.1 Å². The fourth-order valence-corrected chi connectivity index (χ4v) is 3.26. The smallest absolute Gasteiger partial charge is 0.254 e. The Labute approximate surface area is 133 Å². The minimum absolute atomic E-state index is 0.217. The highest BCUT2D eigenvalue weighted by Gasteiger charge is 2.36. The van der Waals surface area contributed by atoms with E-state index < -0.39 is 0 Å². The molecule has 2 aliphatic carbocycles. The summed E-state index contributed by atoms with van der Waals surface area (Å²) < 4.78 is 1.07. The highest BCUT2D eigenvalue weighted by atomic mass is 79.9. The average molecular weight is 344 g/mol. The molecule has 0 atom stereocenters. The summed E-state index contributed by atoms with van der Waals surface area (Å²) in [5.74, 6) is 0.972. The van der Waals surface area contributed by atoms with Crippen LogP contribution >= 0.6 is 15.9 Å². The van der Waals surface area contributed by atoms with Crippen molar-refractivity contribution in [1.29, 1.82) is 0 Å². The zero-order valence-electron chi connectivity index (χ0n) is 11.9. The van der Waals surface area contributed by atoms with E-state index in [1.165, 1.54) is 31.1 Å². The van der Waals surface area contributed by atoms with Crippen molar-refractivity contribution in [2.75, 3.05) is 6.54 Å². The van der Waals surface area contributed by atoms with E-state index in [-0.39, 0.29) is 5.91 Å². The summed E-state index contributed by atoms with van der Waals surface area (Å²) in [5.41, 5.74) is 0.831. The minimum atomic E-state index is 0.217. The average Bonchev–Trinajstić information content (AvgIpc) is 3.37. The van der Waals surface area contributed by atoms with Gasteiger partial charge in [-0.2, -0.15) is 0 Å². The molecule has 2 aliphatic rings. The number of benzene rings is 2. The van der Waals surface area contributed by atoms with Crippen LogP contribution in [0.15, 0.2) is 40.9 Å². The van der Waals surface area contributed by atoms with Crippen LogP contribution in [0.3, 0.4) is 0 Å². The first-order valence-corrected chi connectivity index (χ1v) is 8.50. The lowest BCUT2D eigenvalue weighted by Gasteiger charge is -2.22. The number of fused-ring (bicyclic) bond motifs is 1. The molecule has 2 nitrogen and oxygen atoms in total. The Balaban J connectivity index is 1.64. The van der Waals surface area contributed by atoms with Crippen molar-refractivity contribution in [2.45, 2.75) is 31.7 Å². The lowest BCUT2D eigenvalue weighted by Crippen LogP contribution is -2.34. The largest absolute Gasteiger partial charge is 0.335 e. The zero-order valence-corrected chi connectivity index (χ0v) is 13.5. The van der Waals surface area contributed by atoms with E-state index >= 15 is 0 Å². The van der Waals surface area contributed by atoms with Gasteiger partial charge in [-0.3, -0.25) is 4.79 Å². The van der Waals surface area contributed by atoms with Gasteiger partial charge in [0.2, 0.25) is 0 Å². The van der Waals surface area contributed by atoms with E-state index in [1.807, 2.05) is 18.2 Å². The summed E-state index contributed by atoms with van der Waals surface area (Å²) in [7, 11) is 0. The van der Waals surface area contributed by atoms with E-state index in [0.29, 0.717) is 6.04 Å². The molecule has 2 aromatic carbocycles. The number of carbonyl (C=O) groups excluding carboxylic acids is 1. The van der Waals surface area contributed by atoms with E-state index in [1.54, 1.807) is 0 Å². The highest BCUT2D eigenvalue weighted by Crippen LogP contribution is 2.35. The standard InChI is InChI=1S/C18H18BrNO/c19-16-6-5-13-9-15(4-3-14(13)10-16)18(21)20(17-7-8-17)11-12-1-2-12/h3-6,9-10,12,17H,1-2,7-8,11H2. The second-order valence-corrected chi connectivity index (χ2v) is 7.25. The molecule has 2 aromatic rings. The Morgan fingerprint density at radius 3 is 2.48 bits per heavy atom. The molecule has 0 aliphatic heterocycles.